The molecule has 10 aliphatic rings. The van der Waals surface area contributed by atoms with Gasteiger partial charge in [-0.1, -0.05) is 121 Å². The summed E-state index contributed by atoms with van der Waals surface area (Å²) in [4.78, 5) is 55.9. The highest BCUT2D eigenvalue weighted by Gasteiger charge is 2.71. The molecule has 0 aromatic heterocycles. The van der Waals surface area contributed by atoms with Crippen LogP contribution in [0.25, 0.3) is 0 Å². The van der Waals surface area contributed by atoms with Crippen molar-refractivity contribution in [1.29, 1.82) is 0 Å². The van der Waals surface area contributed by atoms with Gasteiger partial charge in [0.05, 0.1) is 10.8 Å². The Morgan fingerprint density at radius 3 is 1.15 bits per heavy atom. The van der Waals surface area contributed by atoms with Crippen molar-refractivity contribution in [3.63, 3.8) is 0 Å². The van der Waals surface area contributed by atoms with Crippen LogP contribution in [0.4, 0.5) is 0 Å². The van der Waals surface area contributed by atoms with Crippen LogP contribution in [-0.4, -0.2) is 36.1 Å². The summed E-state index contributed by atoms with van der Waals surface area (Å²) in [6, 6.07) is 0. The fraction of sp³-hybridized carbons (Fsp3) is 0.812. The molecule has 392 valence electrons. The lowest BCUT2D eigenvalue weighted by atomic mass is 9.35. The highest BCUT2D eigenvalue weighted by atomic mass is 16.6. The van der Waals surface area contributed by atoms with Crippen molar-refractivity contribution in [2.24, 2.45) is 88.7 Å². The lowest BCUT2D eigenvalue weighted by Gasteiger charge is -2.69. The van der Waals surface area contributed by atoms with E-state index >= 15 is 9.59 Å². The van der Waals surface area contributed by atoms with Gasteiger partial charge in [-0.3, -0.25) is 19.2 Å². The van der Waals surface area contributed by atoms with Gasteiger partial charge in [-0.25, -0.2) is 0 Å². The molecule has 0 aliphatic heterocycles. The van der Waals surface area contributed by atoms with E-state index < -0.39 is 10.8 Å². The Labute approximate surface area is 429 Å². The molecule has 0 saturated heterocycles. The van der Waals surface area contributed by atoms with Gasteiger partial charge in [-0.15, -0.1) is 0 Å². The largest absolute Gasteiger partial charge is 0.462 e. The standard InChI is InChI=1S/C64H94O7/c1-39(65)69-49-23-25-57(11)45(55(49,7)8)21-27-61(15)47(57)19-17-41-43-37-53(3,4)29-33-63(43,35-31-59(41,61)13)51(67)71-52(68)64-34-30-54(5,6)38-44(64)42-18-20-48-58(12)26-24-50(70-40(2)66)56(9,10)46(58)22-28-62(48,16)60(42,14)32-36-64/h17-20,45-50H,21-38H2,1-16H3/t45-,46-,47+,48+,49+,50+,57-,58-,59+,60+,61+,62+,63-,64-/m0/s1. The van der Waals surface area contributed by atoms with Crippen LogP contribution < -0.4 is 0 Å². The van der Waals surface area contributed by atoms with E-state index in [2.05, 4.69) is 121 Å². The number of hydrogen-bond donors (Lipinski definition) is 0. The third-order valence-corrected chi connectivity index (χ3v) is 25.5. The maximum atomic E-state index is 15.7. The van der Waals surface area contributed by atoms with Gasteiger partial charge in [0.15, 0.2) is 0 Å². The molecule has 0 bridgehead atoms. The number of fused-ring (bicyclic) bond motifs is 12. The normalized spacial score (nSPS) is 47.3. The van der Waals surface area contributed by atoms with Crippen LogP contribution in [0.1, 0.15) is 226 Å². The molecular formula is C64H94O7. The Morgan fingerprint density at radius 2 is 0.803 bits per heavy atom. The first-order valence-corrected chi connectivity index (χ1v) is 28.7. The summed E-state index contributed by atoms with van der Waals surface area (Å²) in [5.74, 6) is 0.626. The van der Waals surface area contributed by atoms with E-state index in [9.17, 15) is 9.59 Å². The molecule has 0 spiro atoms. The van der Waals surface area contributed by atoms with Gasteiger partial charge in [0, 0.05) is 24.7 Å². The van der Waals surface area contributed by atoms with Gasteiger partial charge in [0.2, 0.25) is 0 Å². The number of carbonyl (C=O) groups excluding carboxylic acids is 4. The molecule has 0 unspecified atom stereocenters. The van der Waals surface area contributed by atoms with Gasteiger partial charge in [0.25, 0.3) is 0 Å². The zero-order valence-corrected chi connectivity index (χ0v) is 47.4. The van der Waals surface area contributed by atoms with Gasteiger partial charge in [-0.05, 0) is 205 Å². The number of rotatable bonds is 4. The van der Waals surface area contributed by atoms with Crippen molar-refractivity contribution in [3.8, 4) is 0 Å². The molecule has 6 fully saturated rings. The van der Waals surface area contributed by atoms with Crippen LogP contribution in [0.2, 0.25) is 0 Å². The van der Waals surface area contributed by atoms with Crippen molar-refractivity contribution >= 4 is 23.9 Å². The lowest BCUT2D eigenvalue weighted by Crippen LogP contribution is -2.63. The van der Waals surface area contributed by atoms with Crippen molar-refractivity contribution in [2.75, 3.05) is 0 Å². The van der Waals surface area contributed by atoms with Crippen molar-refractivity contribution in [2.45, 2.75) is 239 Å². The second-order valence-corrected chi connectivity index (χ2v) is 30.6. The molecule has 0 N–H and O–H groups in total. The lowest BCUT2D eigenvalue weighted by molar-refractivity contribution is -0.198. The smallest absolute Gasteiger partial charge is 0.323 e. The number of carbonyl (C=O) groups is 4. The predicted octanol–water partition coefficient (Wildman–Crippen LogP) is 15.4. The van der Waals surface area contributed by atoms with Crippen LogP contribution in [0.3, 0.4) is 0 Å². The summed E-state index contributed by atoms with van der Waals surface area (Å²) >= 11 is 0. The highest BCUT2D eigenvalue weighted by Crippen LogP contribution is 2.77. The Hall–Kier alpha value is -2.96. The molecule has 71 heavy (non-hydrogen) atoms. The van der Waals surface area contributed by atoms with E-state index in [4.69, 9.17) is 14.2 Å². The summed E-state index contributed by atoms with van der Waals surface area (Å²) in [5.41, 5.74) is 3.16. The van der Waals surface area contributed by atoms with E-state index in [0.717, 1.165) is 89.9 Å². The van der Waals surface area contributed by atoms with Crippen LogP contribution in [-0.2, 0) is 33.4 Å². The van der Waals surface area contributed by atoms with Crippen molar-refractivity contribution in [1.82, 2.24) is 0 Å². The third kappa shape index (κ3) is 6.88. The summed E-state index contributed by atoms with van der Waals surface area (Å²) in [6.07, 6.45) is 26.2. The number of ether oxygens (including phenoxy) is 3. The molecule has 7 nitrogen and oxygen atoms in total. The SMILES string of the molecule is CC(=O)O[C@@H]1CC[C@]2(C)[C@H]3C=CC4=C5CC(C)(C)CC[C@]5(C(=O)OC(=O)[C@]56CCC(C)(C)CC5=C5C=C[C@@H]7[C@@]8(C)CC[C@@H](OC(C)=O)C(C)(C)[C@@H]8CC[C@@]7(C)[C@]5(C)CC6)CC[C@@]4(C)[C@]3(C)CC[C@H]2C1(C)C. The second kappa shape index (κ2) is 15.8. The van der Waals surface area contributed by atoms with Gasteiger partial charge >= 0.3 is 23.9 Å². The first kappa shape index (κ1) is 51.5. The number of allylic oxidation sites excluding steroid dienone is 6. The predicted molar refractivity (Wildman–Crippen MR) is 280 cm³/mol. The third-order valence-electron chi connectivity index (χ3n) is 25.5. The zero-order valence-electron chi connectivity index (χ0n) is 47.4. The van der Waals surface area contributed by atoms with Crippen LogP contribution in [0, 0.1) is 88.7 Å². The summed E-state index contributed by atoms with van der Waals surface area (Å²) in [5, 5.41) is 0. The minimum absolute atomic E-state index is 0.0177. The van der Waals surface area contributed by atoms with Crippen molar-refractivity contribution < 1.29 is 33.4 Å². The second-order valence-electron chi connectivity index (χ2n) is 30.6. The molecule has 0 aromatic rings. The molecule has 0 aromatic carbocycles. The maximum Gasteiger partial charge on any atom is 0.323 e. The Morgan fingerprint density at radius 1 is 0.451 bits per heavy atom. The Balaban J connectivity index is 0.996. The number of hydrogen-bond acceptors (Lipinski definition) is 7. The van der Waals surface area contributed by atoms with E-state index in [0.29, 0.717) is 49.4 Å². The highest BCUT2D eigenvalue weighted by molar-refractivity contribution is 5.95. The fourth-order valence-electron chi connectivity index (χ4n) is 20.9. The van der Waals surface area contributed by atoms with E-state index in [1.165, 1.54) is 22.3 Å². The molecule has 0 radical (unpaired) electrons. The Kier molecular flexibility index (Phi) is 11.5. The van der Waals surface area contributed by atoms with Crippen LogP contribution in [0.15, 0.2) is 46.6 Å². The first-order valence-electron chi connectivity index (χ1n) is 28.7. The van der Waals surface area contributed by atoms with Gasteiger partial charge < -0.3 is 14.2 Å². The molecule has 7 heteroatoms. The van der Waals surface area contributed by atoms with Gasteiger partial charge in [-0.2, -0.15) is 0 Å². The minimum Gasteiger partial charge on any atom is -0.462 e. The van der Waals surface area contributed by atoms with Crippen LogP contribution in [0.5, 0.6) is 0 Å². The quantitative estimate of drug-likeness (QED) is 0.157. The number of esters is 4. The first-order chi connectivity index (χ1) is 32.7. The van der Waals surface area contributed by atoms with E-state index in [1.54, 1.807) is 13.8 Å². The molecule has 0 amide bonds. The molecule has 0 heterocycles. The topological polar surface area (TPSA) is 96.0 Å². The molecular weight excluding hydrogens is 881 g/mol. The minimum atomic E-state index is -0.818. The molecule has 10 aliphatic carbocycles. The van der Waals surface area contributed by atoms with Gasteiger partial charge in [0.1, 0.15) is 12.2 Å². The zero-order chi connectivity index (χ0) is 51.8. The fourth-order valence-corrected chi connectivity index (χ4v) is 20.9. The molecule has 10 rings (SSSR count). The average molecular weight is 975 g/mol. The summed E-state index contributed by atoms with van der Waals surface area (Å²) in [6.45, 7) is 37.2. The summed E-state index contributed by atoms with van der Waals surface area (Å²) < 4.78 is 18.7. The van der Waals surface area contributed by atoms with Crippen molar-refractivity contribution in [3.05, 3.63) is 46.6 Å². The van der Waals surface area contributed by atoms with Crippen LogP contribution >= 0.6 is 0 Å². The maximum absolute atomic E-state index is 15.7. The molecule has 14 atom stereocenters. The van der Waals surface area contributed by atoms with E-state index in [-0.39, 0.29) is 90.2 Å². The monoisotopic (exact) mass is 975 g/mol. The average Bonchev–Trinajstić information content (AvgIpc) is 3.25. The Bertz CT molecular complexity index is 2280. The molecule has 6 saturated carbocycles. The summed E-state index contributed by atoms with van der Waals surface area (Å²) in [7, 11) is 0. The van der Waals surface area contributed by atoms with E-state index in [1.807, 2.05) is 0 Å².